The predicted molar refractivity (Wildman–Crippen MR) is 67.2 cm³/mol. The third-order valence-electron chi connectivity index (χ3n) is 2.89. The third kappa shape index (κ3) is 2.55. The van der Waals surface area contributed by atoms with Crippen LogP contribution < -0.4 is 10.9 Å². The predicted octanol–water partition coefficient (Wildman–Crippen LogP) is 0.884. The number of fused-ring (bicyclic) bond motifs is 1. The molecular weight excluding hydrogens is 216 g/mol. The maximum atomic E-state index is 12.0. The maximum absolute atomic E-state index is 12.0. The Morgan fingerprint density at radius 1 is 1.47 bits per heavy atom. The second kappa shape index (κ2) is 5.14. The van der Waals surface area contributed by atoms with Crippen molar-refractivity contribution in [1.82, 2.24) is 19.5 Å². The van der Waals surface area contributed by atoms with E-state index in [2.05, 4.69) is 24.3 Å². The molecule has 0 aliphatic heterocycles. The van der Waals surface area contributed by atoms with Gasteiger partial charge in [-0.05, 0) is 26.0 Å². The topological polar surface area (TPSA) is 51.3 Å². The molecule has 2 aromatic rings. The smallest absolute Gasteiger partial charge is 0.276 e. The molecule has 0 fully saturated rings. The normalized spacial score (nSPS) is 13.1. The molecule has 0 bridgehead atoms. The van der Waals surface area contributed by atoms with Crippen LogP contribution in [-0.4, -0.2) is 26.8 Å². The molecule has 2 aromatic heterocycles. The Balaban J connectivity index is 2.13. The van der Waals surface area contributed by atoms with Crippen molar-refractivity contribution < 1.29 is 0 Å². The first kappa shape index (κ1) is 11.9. The number of rotatable bonds is 5. The number of hydrogen-bond donors (Lipinski definition) is 1. The summed E-state index contributed by atoms with van der Waals surface area (Å²) in [6.45, 7) is 5.90. The van der Waals surface area contributed by atoms with E-state index in [4.69, 9.17) is 0 Å². The van der Waals surface area contributed by atoms with Gasteiger partial charge in [-0.25, -0.2) is 4.52 Å². The van der Waals surface area contributed by atoms with Gasteiger partial charge in [0.25, 0.3) is 5.56 Å². The zero-order valence-corrected chi connectivity index (χ0v) is 10.3. The van der Waals surface area contributed by atoms with Gasteiger partial charge in [-0.3, -0.25) is 4.79 Å². The van der Waals surface area contributed by atoms with Gasteiger partial charge in [0, 0.05) is 25.0 Å². The summed E-state index contributed by atoms with van der Waals surface area (Å²) >= 11 is 0. The van der Waals surface area contributed by atoms with E-state index in [0.717, 1.165) is 19.5 Å². The average Bonchev–Trinajstić information content (AvgIpc) is 2.77. The molecular formula is C12H18N4O. The van der Waals surface area contributed by atoms with E-state index in [-0.39, 0.29) is 5.56 Å². The Morgan fingerprint density at radius 3 is 3.06 bits per heavy atom. The van der Waals surface area contributed by atoms with Crippen LogP contribution in [0.25, 0.3) is 5.52 Å². The second-order valence-electron chi connectivity index (χ2n) is 4.21. The molecule has 17 heavy (non-hydrogen) atoms. The lowest BCUT2D eigenvalue weighted by atomic mass is 10.2. The van der Waals surface area contributed by atoms with E-state index in [9.17, 15) is 4.79 Å². The van der Waals surface area contributed by atoms with E-state index in [1.807, 2.05) is 6.20 Å². The van der Waals surface area contributed by atoms with Gasteiger partial charge in [0.2, 0.25) is 0 Å². The molecule has 2 rings (SSSR count). The Labute approximate surface area is 100 Å². The van der Waals surface area contributed by atoms with Crippen molar-refractivity contribution in [3.05, 3.63) is 35.0 Å². The quantitative estimate of drug-likeness (QED) is 0.835. The molecule has 0 radical (unpaired) electrons. The lowest BCUT2D eigenvalue weighted by Gasteiger charge is -2.13. The Hall–Kier alpha value is -1.62. The first-order chi connectivity index (χ1) is 8.22. The zero-order chi connectivity index (χ0) is 12.3. The summed E-state index contributed by atoms with van der Waals surface area (Å²) in [4.78, 5) is 12.0. The largest absolute Gasteiger partial charge is 0.314 e. The van der Waals surface area contributed by atoms with Crippen molar-refractivity contribution in [2.75, 3.05) is 6.54 Å². The van der Waals surface area contributed by atoms with Crippen LogP contribution in [0.5, 0.6) is 0 Å². The number of aromatic nitrogens is 3. The Kier molecular flexibility index (Phi) is 3.58. The Morgan fingerprint density at radius 2 is 2.29 bits per heavy atom. The van der Waals surface area contributed by atoms with Gasteiger partial charge in [0.05, 0.1) is 6.20 Å². The summed E-state index contributed by atoms with van der Waals surface area (Å²) in [7, 11) is 0. The fourth-order valence-electron chi connectivity index (χ4n) is 1.92. The molecule has 0 aliphatic carbocycles. The molecule has 5 nitrogen and oxygen atoms in total. The molecule has 0 saturated heterocycles. The van der Waals surface area contributed by atoms with Crippen molar-refractivity contribution >= 4 is 5.52 Å². The molecule has 0 saturated carbocycles. The lowest BCUT2D eigenvalue weighted by Crippen LogP contribution is -2.29. The standard InChI is InChI=1S/C12H18N4O/c1-3-13-10(2)5-7-15-8-9-16-11(12(15)17)4-6-14-16/h4,6,8-10,13H,3,5,7H2,1-2H3. The van der Waals surface area contributed by atoms with E-state index in [0.29, 0.717) is 11.6 Å². The van der Waals surface area contributed by atoms with Crippen LogP contribution in [0.1, 0.15) is 20.3 Å². The summed E-state index contributed by atoms with van der Waals surface area (Å²) in [5, 5.41) is 7.37. The van der Waals surface area contributed by atoms with Crippen molar-refractivity contribution in [3.8, 4) is 0 Å². The number of nitrogens with zero attached hydrogens (tertiary/aromatic N) is 3. The molecule has 0 aromatic carbocycles. The highest BCUT2D eigenvalue weighted by atomic mass is 16.1. The minimum absolute atomic E-state index is 0.0219. The molecule has 2 heterocycles. The van der Waals surface area contributed by atoms with Crippen LogP contribution in [0, 0.1) is 0 Å². The highest BCUT2D eigenvalue weighted by molar-refractivity contribution is 5.42. The van der Waals surface area contributed by atoms with Gasteiger partial charge in [0.1, 0.15) is 5.52 Å². The first-order valence-corrected chi connectivity index (χ1v) is 5.98. The summed E-state index contributed by atoms with van der Waals surface area (Å²) in [5.74, 6) is 0. The van der Waals surface area contributed by atoms with Crippen LogP contribution in [-0.2, 0) is 6.54 Å². The van der Waals surface area contributed by atoms with Crippen molar-refractivity contribution in [2.45, 2.75) is 32.9 Å². The summed E-state index contributed by atoms with van der Waals surface area (Å²) < 4.78 is 3.34. The van der Waals surface area contributed by atoms with Crippen molar-refractivity contribution in [3.63, 3.8) is 0 Å². The minimum atomic E-state index is 0.0219. The van der Waals surface area contributed by atoms with Crippen molar-refractivity contribution in [1.29, 1.82) is 0 Å². The van der Waals surface area contributed by atoms with Crippen LogP contribution >= 0.6 is 0 Å². The van der Waals surface area contributed by atoms with E-state index in [1.54, 1.807) is 27.5 Å². The fraction of sp³-hybridized carbons (Fsp3) is 0.500. The summed E-state index contributed by atoms with van der Waals surface area (Å²) in [6.07, 6.45) is 6.19. The fourth-order valence-corrected chi connectivity index (χ4v) is 1.92. The van der Waals surface area contributed by atoms with Crippen LogP contribution in [0.2, 0.25) is 0 Å². The van der Waals surface area contributed by atoms with Gasteiger partial charge in [-0.15, -0.1) is 0 Å². The Bertz CT molecular complexity index is 543. The molecule has 1 unspecified atom stereocenters. The van der Waals surface area contributed by atoms with Gasteiger partial charge >= 0.3 is 0 Å². The van der Waals surface area contributed by atoms with Crippen molar-refractivity contribution in [2.24, 2.45) is 0 Å². The number of nitrogens with one attached hydrogen (secondary N) is 1. The minimum Gasteiger partial charge on any atom is -0.314 e. The molecule has 1 N–H and O–H groups in total. The lowest BCUT2D eigenvalue weighted by molar-refractivity contribution is 0.481. The number of aryl methyl sites for hydroxylation is 1. The van der Waals surface area contributed by atoms with Crippen LogP contribution in [0.15, 0.2) is 29.5 Å². The van der Waals surface area contributed by atoms with E-state index in [1.165, 1.54) is 0 Å². The van der Waals surface area contributed by atoms with Gasteiger partial charge in [-0.1, -0.05) is 6.92 Å². The average molecular weight is 234 g/mol. The highest BCUT2D eigenvalue weighted by Gasteiger charge is 2.05. The molecule has 0 aliphatic rings. The number of hydrogen-bond acceptors (Lipinski definition) is 3. The molecule has 0 amide bonds. The molecule has 92 valence electrons. The summed E-state index contributed by atoms with van der Waals surface area (Å²) in [6, 6.07) is 2.17. The highest BCUT2D eigenvalue weighted by Crippen LogP contribution is 1.97. The molecule has 1 atom stereocenters. The second-order valence-corrected chi connectivity index (χ2v) is 4.21. The van der Waals surface area contributed by atoms with Gasteiger partial charge < -0.3 is 9.88 Å². The van der Waals surface area contributed by atoms with E-state index >= 15 is 0 Å². The monoisotopic (exact) mass is 234 g/mol. The zero-order valence-electron chi connectivity index (χ0n) is 10.3. The molecule has 0 spiro atoms. The van der Waals surface area contributed by atoms with Crippen LogP contribution in [0.3, 0.4) is 0 Å². The van der Waals surface area contributed by atoms with Crippen LogP contribution in [0.4, 0.5) is 0 Å². The van der Waals surface area contributed by atoms with E-state index < -0.39 is 0 Å². The van der Waals surface area contributed by atoms with Gasteiger partial charge in [-0.2, -0.15) is 5.10 Å². The van der Waals surface area contributed by atoms with Gasteiger partial charge in [0.15, 0.2) is 0 Å². The SMILES string of the molecule is CCNC(C)CCn1ccn2nccc2c1=O. The summed E-state index contributed by atoms with van der Waals surface area (Å²) in [5.41, 5.74) is 0.650. The third-order valence-corrected chi connectivity index (χ3v) is 2.89. The molecule has 5 heteroatoms. The maximum Gasteiger partial charge on any atom is 0.276 e. The first-order valence-electron chi connectivity index (χ1n) is 5.98.